The minimum atomic E-state index is -1.67. The average Bonchev–Trinajstić information content (AvgIpc) is 2.52. The van der Waals surface area contributed by atoms with E-state index < -0.39 is 23.3 Å². The maximum absolute atomic E-state index is 13.7. The van der Waals surface area contributed by atoms with E-state index >= 15 is 0 Å². The molecule has 3 N–H and O–H groups in total. The van der Waals surface area contributed by atoms with Crippen LogP contribution in [-0.2, 0) is 12.1 Å². The molecule has 0 fully saturated rings. The van der Waals surface area contributed by atoms with E-state index in [0.29, 0.717) is 6.07 Å². The van der Waals surface area contributed by atoms with Crippen LogP contribution in [0.5, 0.6) is 0 Å². The molecule has 0 saturated carbocycles. The molecule has 1 unspecified atom stereocenters. The van der Waals surface area contributed by atoms with Crippen LogP contribution in [0.4, 0.5) is 13.6 Å². The predicted octanol–water partition coefficient (Wildman–Crippen LogP) is 2.38. The van der Waals surface area contributed by atoms with Crippen molar-refractivity contribution in [3.05, 3.63) is 65.0 Å². The van der Waals surface area contributed by atoms with E-state index in [1.807, 2.05) is 19.1 Å². The van der Waals surface area contributed by atoms with Crippen LogP contribution >= 0.6 is 0 Å². The maximum Gasteiger partial charge on any atom is 0.315 e. The third-order valence-electron chi connectivity index (χ3n) is 3.53. The Labute approximate surface area is 138 Å². The van der Waals surface area contributed by atoms with Crippen LogP contribution in [0.15, 0.2) is 36.5 Å². The number of amides is 2. The number of aryl methyl sites for hydroxylation is 1. The standard InChI is InChI=1S/C17H19F2N3O2/c1-11-3-4-12(8-20-11)9-21-16(23)22-10-17(2,24)14-6-5-13(18)7-15(14)19/h3-8,24H,9-10H2,1-2H3,(H2,21,22,23). The van der Waals surface area contributed by atoms with Gasteiger partial charge in [-0.1, -0.05) is 12.1 Å². The Balaban J connectivity index is 1.89. The highest BCUT2D eigenvalue weighted by Gasteiger charge is 2.27. The molecule has 0 radical (unpaired) electrons. The molecule has 0 aliphatic rings. The largest absolute Gasteiger partial charge is 0.383 e. The van der Waals surface area contributed by atoms with Gasteiger partial charge in [-0.25, -0.2) is 13.6 Å². The van der Waals surface area contributed by atoms with E-state index in [9.17, 15) is 18.7 Å². The van der Waals surface area contributed by atoms with Gasteiger partial charge >= 0.3 is 6.03 Å². The second-order valence-corrected chi connectivity index (χ2v) is 5.74. The van der Waals surface area contributed by atoms with Crippen molar-refractivity contribution in [2.75, 3.05) is 6.54 Å². The van der Waals surface area contributed by atoms with Crippen LogP contribution in [0.25, 0.3) is 0 Å². The SMILES string of the molecule is Cc1ccc(CNC(=O)NCC(C)(O)c2ccc(F)cc2F)cn1. The number of halogens is 2. The van der Waals surface area contributed by atoms with Gasteiger partial charge in [-0.15, -0.1) is 0 Å². The summed E-state index contributed by atoms with van der Waals surface area (Å²) in [7, 11) is 0. The van der Waals surface area contributed by atoms with Gasteiger partial charge in [0.2, 0.25) is 0 Å². The number of hydrogen-bond acceptors (Lipinski definition) is 3. The molecule has 2 rings (SSSR count). The second-order valence-electron chi connectivity index (χ2n) is 5.74. The first-order chi connectivity index (χ1) is 11.3. The normalized spacial score (nSPS) is 13.2. The second kappa shape index (κ2) is 7.35. The average molecular weight is 335 g/mol. The van der Waals surface area contributed by atoms with E-state index in [4.69, 9.17) is 0 Å². The summed E-state index contributed by atoms with van der Waals surface area (Å²) in [6, 6.07) is 6.05. The summed E-state index contributed by atoms with van der Waals surface area (Å²) in [5, 5.41) is 15.4. The molecule has 0 saturated heterocycles. The first kappa shape index (κ1) is 17.8. The maximum atomic E-state index is 13.7. The van der Waals surface area contributed by atoms with Crippen molar-refractivity contribution in [3.8, 4) is 0 Å². The summed E-state index contributed by atoms with van der Waals surface area (Å²) in [4.78, 5) is 15.9. The van der Waals surface area contributed by atoms with Crippen LogP contribution in [-0.4, -0.2) is 22.7 Å². The third-order valence-corrected chi connectivity index (χ3v) is 3.53. The molecular weight excluding hydrogens is 316 g/mol. The zero-order chi connectivity index (χ0) is 17.7. The van der Waals surface area contributed by atoms with Crippen molar-refractivity contribution in [2.45, 2.75) is 26.0 Å². The molecule has 1 heterocycles. The molecule has 0 spiro atoms. The minimum absolute atomic E-state index is 0.0908. The Bertz CT molecular complexity index is 718. The van der Waals surface area contributed by atoms with E-state index in [-0.39, 0.29) is 18.7 Å². The number of carbonyl (C=O) groups is 1. The number of rotatable bonds is 5. The van der Waals surface area contributed by atoms with E-state index in [1.165, 1.54) is 6.92 Å². The first-order valence-corrected chi connectivity index (χ1v) is 7.39. The van der Waals surface area contributed by atoms with Crippen LogP contribution in [0, 0.1) is 18.6 Å². The van der Waals surface area contributed by atoms with Gasteiger partial charge in [0.05, 0.1) is 6.54 Å². The van der Waals surface area contributed by atoms with Crippen molar-refractivity contribution in [3.63, 3.8) is 0 Å². The Morgan fingerprint density at radius 3 is 2.62 bits per heavy atom. The Hall–Kier alpha value is -2.54. The number of urea groups is 1. The lowest BCUT2D eigenvalue weighted by Crippen LogP contribution is -2.43. The molecule has 1 atom stereocenters. The summed E-state index contributed by atoms with van der Waals surface area (Å²) in [5.74, 6) is -1.60. The molecule has 128 valence electrons. The van der Waals surface area contributed by atoms with Gasteiger partial charge in [0.25, 0.3) is 0 Å². The molecule has 1 aromatic heterocycles. The van der Waals surface area contributed by atoms with Crippen molar-refractivity contribution < 1.29 is 18.7 Å². The van der Waals surface area contributed by atoms with Gasteiger partial charge in [-0.3, -0.25) is 4.98 Å². The molecular formula is C17H19F2N3O2. The first-order valence-electron chi connectivity index (χ1n) is 7.39. The Kier molecular flexibility index (Phi) is 5.46. The third kappa shape index (κ3) is 4.73. The monoisotopic (exact) mass is 335 g/mol. The Morgan fingerprint density at radius 1 is 1.25 bits per heavy atom. The molecule has 0 aliphatic carbocycles. The van der Waals surface area contributed by atoms with Gasteiger partial charge < -0.3 is 15.7 Å². The molecule has 7 heteroatoms. The van der Waals surface area contributed by atoms with Crippen LogP contribution in [0.3, 0.4) is 0 Å². The summed E-state index contributed by atoms with van der Waals surface area (Å²) in [6.45, 7) is 3.24. The van der Waals surface area contributed by atoms with Crippen LogP contribution in [0.2, 0.25) is 0 Å². The van der Waals surface area contributed by atoms with Gasteiger partial charge in [0, 0.05) is 30.1 Å². The van der Waals surface area contributed by atoms with Gasteiger partial charge in [-0.2, -0.15) is 0 Å². The highest BCUT2D eigenvalue weighted by molar-refractivity contribution is 5.73. The number of aliphatic hydroxyl groups is 1. The highest BCUT2D eigenvalue weighted by atomic mass is 19.1. The van der Waals surface area contributed by atoms with E-state index in [2.05, 4.69) is 15.6 Å². The van der Waals surface area contributed by atoms with E-state index in [1.54, 1.807) is 6.20 Å². The predicted molar refractivity (Wildman–Crippen MR) is 85.1 cm³/mol. The number of benzene rings is 1. The molecule has 0 aliphatic heterocycles. The van der Waals surface area contributed by atoms with Gasteiger partial charge in [-0.05, 0) is 31.5 Å². The number of aromatic nitrogens is 1. The summed E-state index contributed by atoms with van der Waals surface area (Å²) >= 11 is 0. The molecule has 2 aromatic rings. The molecule has 24 heavy (non-hydrogen) atoms. The Morgan fingerprint density at radius 2 is 2.00 bits per heavy atom. The number of hydrogen-bond donors (Lipinski definition) is 3. The van der Waals surface area contributed by atoms with Crippen molar-refractivity contribution in [2.24, 2.45) is 0 Å². The number of nitrogens with one attached hydrogen (secondary N) is 2. The lowest BCUT2D eigenvalue weighted by molar-refractivity contribution is 0.0555. The summed E-state index contributed by atoms with van der Waals surface area (Å²) in [5.41, 5.74) is -0.0554. The molecule has 2 amide bonds. The summed E-state index contributed by atoms with van der Waals surface area (Å²) in [6.07, 6.45) is 1.65. The van der Waals surface area contributed by atoms with Crippen LogP contribution < -0.4 is 10.6 Å². The van der Waals surface area contributed by atoms with Crippen molar-refractivity contribution in [1.29, 1.82) is 0 Å². The minimum Gasteiger partial charge on any atom is -0.383 e. The fraction of sp³-hybridized carbons (Fsp3) is 0.294. The zero-order valence-electron chi connectivity index (χ0n) is 13.4. The summed E-state index contributed by atoms with van der Waals surface area (Å²) < 4.78 is 26.7. The number of carbonyl (C=O) groups excluding carboxylic acids is 1. The van der Waals surface area contributed by atoms with Crippen LogP contribution in [0.1, 0.15) is 23.7 Å². The fourth-order valence-electron chi connectivity index (χ4n) is 2.12. The van der Waals surface area contributed by atoms with E-state index in [0.717, 1.165) is 23.4 Å². The zero-order valence-corrected chi connectivity index (χ0v) is 13.4. The lowest BCUT2D eigenvalue weighted by Gasteiger charge is -2.24. The van der Waals surface area contributed by atoms with Crippen molar-refractivity contribution >= 4 is 6.03 Å². The molecule has 1 aromatic carbocycles. The quantitative estimate of drug-likeness (QED) is 0.785. The van der Waals surface area contributed by atoms with Gasteiger partial charge in [0.1, 0.15) is 17.2 Å². The smallest absolute Gasteiger partial charge is 0.315 e. The highest BCUT2D eigenvalue weighted by Crippen LogP contribution is 2.23. The number of nitrogens with zero attached hydrogens (tertiary/aromatic N) is 1. The van der Waals surface area contributed by atoms with Crippen molar-refractivity contribution in [1.82, 2.24) is 15.6 Å². The lowest BCUT2D eigenvalue weighted by atomic mass is 9.95. The number of pyridine rings is 1. The molecule has 0 bridgehead atoms. The molecule has 5 nitrogen and oxygen atoms in total. The van der Waals surface area contributed by atoms with Gasteiger partial charge in [0.15, 0.2) is 0 Å². The topological polar surface area (TPSA) is 74.2 Å². The fourth-order valence-corrected chi connectivity index (χ4v) is 2.12.